The molecule has 0 unspecified atom stereocenters. The largest absolute Gasteiger partial charge is 0.548 e. The zero-order chi connectivity index (χ0) is 20.1. The van der Waals surface area contributed by atoms with E-state index in [9.17, 15) is 19.5 Å². The van der Waals surface area contributed by atoms with E-state index in [0.29, 0.717) is 29.7 Å². The molecule has 27 heavy (non-hydrogen) atoms. The summed E-state index contributed by atoms with van der Waals surface area (Å²) in [5.74, 6) is -1.49. The molecule has 0 aliphatic heterocycles. The quantitative estimate of drug-likeness (QED) is 0.701. The van der Waals surface area contributed by atoms with Crippen molar-refractivity contribution in [3.63, 3.8) is 0 Å². The molecular weight excluding hydrogens is 350 g/mol. The predicted octanol–water partition coefficient (Wildman–Crippen LogP) is 1.47. The average Bonchev–Trinajstić information content (AvgIpc) is 2.63. The van der Waals surface area contributed by atoms with Crippen LogP contribution in [0.2, 0.25) is 0 Å². The number of ether oxygens (including phenoxy) is 1. The van der Waals surface area contributed by atoms with Crippen LogP contribution in [-0.2, 0) is 16.0 Å². The number of nitrogens with one attached hydrogen (secondary N) is 1. The number of carbonyl (C=O) groups is 2. The maximum atomic E-state index is 12.3. The molecule has 0 bridgehead atoms. The lowest BCUT2D eigenvalue weighted by molar-refractivity contribution is -0.308. The number of carboxylic acid groups (broad SMARTS) is 1. The fourth-order valence-electron chi connectivity index (χ4n) is 2.90. The second-order valence-electron chi connectivity index (χ2n) is 6.44. The van der Waals surface area contributed by atoms with Gasteiger partial charge in [0.2, 0.25) is 0 Å². The molecule has 0 fully saturated rings. The Morgan fingerprint density at radius 1 is 1.30 bits per heavy atom. The fraction of sp³-hybridized carbons (Fsp3) is 0.450. The zero-order valence-electron chi connectivity index (χ0n) is 16.0. The number of carbonyl (C=O) groups excluding carboxylic acids is 2. The maximum absolute atomic E-state index is 12.3. The van der Waals surface area contributed by atoms with E-state index < -0.39 is 29.6 Å². The van der Waals surface area contributed by atoms with Crippen molar-refractivity contribution < 1.29 is 23.8 Å². The van der Waals surface area contributed by atoms with Crippen molar-refractivity contribution >= 4 is 22.8 Å². The van der Waals surface area contributed by atoms with Crippen LogP contribution >= 0.6 is 0 Å². The highest BCUT2D eigenvalue weighted by molar-refractivity contribution is 5.87. The molecular formula is C20H24NO6-. The van der Waals surface area contributed by atoms with Crippen molar-refractivity contribution in [1.29, 1.82) is 0 Å². The summed E-state index contributed by atoms with van der Waals surface area (Å²) in [5.41, 5.74) is 1.45. The number of carboxylic acids is 1. The van der Waals surface area contributed by atoms with Crippen molar-refractivity contribution in [2.45, 2.75) is 59.1 Å². The molecule has 0 spiro atoms. The molecule has 7 heteroatoms. The molecule has 2 atom stereocenters. The summed E-state index contributed by atoms with van der Waals surface area (Å²) in [7, 11) is 0. The number of fused-ring (bicyclic) bond motifs is 1. The van der Waals surface area contributed by atoms with Gasteiger partial charge in [-0.1, -0.05) is 20.3 Å². The topological polar surface area (TPSA) is 109 Å². The molecule has 146 valence electrons. The first-order valence-electron chi connectivity index (χ1n) is 9.02. The lowest BCUT2D eigenvalue weighted by atomic mass is 10.0. The molecule has 7 nitrogen and oxygen atoms in total. The van der Waals surface area contributed by atoms with Gasteiger partial charge in [-0.3, -0.25) is 4.79 Å². The molecule has 1 aromatic carbocycles. The lowest BCUT2D eigenvalue weighted by Crippen LogP contribution is -2.51. The Kier molecular flexibility index (Phi) is 6.60. The number of amides is 1. The number of benzene rings is 1. The summed E-state index contributed by atoms with van der Waals surface area (Å²) < 4.78 is 11.0. The number of aryl methyl sites for hydroxylation is 2. The third kappa shape index (κ3) is 4.67. The molecule has 0 saturated carbocycles. The van der Waals surface area contributed by atoms with Crippen molar-refractivity contribution in [2.75, 3.05) is 0 Å². The van der Waals surface area contributed by atoms with Crippen LogP contribution in [0.3, 0.4) is 0 Å². The normalized spacial score (nSPS) is 13.2. The molecule has 0 saturated heterocycles. The van der Waals surface area contributed by atoms with Gasteiger partial charge in [0.15, 0.2) is 6.10 Å². The smallest absolute Gasteiger partial charge is 0.336 e. The highest BCUT2D eigenvalue weighted by atomic mass is 16.5. The van der Waals surface area contributed by atoms with Crippen LogP contribution in [0.4, 0.5) is 0 Å². The Labute approximate surface area is 157 Å². The van der Waals surface area contributed by atoms with E-state index in [0.717, 1.165) is 10.9 Å². The zero-order valence-corrected chi connectivity index (χ0v) is 16.0. The van der Waals surface area contributed by atoms with E-state index in [1.807, 2.05) is 13.8 Å². The van der Waals surface area contributed by atoms with Gasteiger partial charge in [0.05, 0.1) is 12.0 Å². The van der Waals surface area contributed by atoms with Crippen LogP contribution < -0.4 is 20.8 Å². The molecule has 2 aromatic rings. The molecule has 0 aliphatic carbocycles. The van der Waals surface area contributed by atoms with Crippen molar-refractivity contribution in [3.8, 4) is 5.75 Å². The van der Waals surface area contributed by atoms with Crippen molar-refractivity contribution in [3.05, 3.63) is 39.7 Å². The van der Waals surface area contributed by atoms with E-state index in [4.69, 9.17) is 9.15 Å². The van der Waals surface area contributed by atoms with Gasteiger partial charge in [-0.2, -0.15) is 0 Å². The van der Waals surface area contributed by atoms with E-state index in [1.54, 1.807) is 19.1 Å². The molecule has 2 rings (SSSR count). The molecule has 1 aromatic heterocycles. The van der Waals surface area contributed by atoms with Crippen LogP contribution in [0.25, 0.3) is 11.0 Å². The van der Waals surface area contributed by atoms with Crippen molar-refractivity contribution in [2.24, 2.45) is 0 Å². The van der Waals surface area contributed by atoms with Crippen molar-refractivity contribution in [1.82, 2.24) is 5.32 Å². The van der Waals surface area contributed by atoms with E-state index in [1.165, 1.54) is 13.0 Å². The number of rotatable bonds is 8. The third-order valence-electron chi connectivity index (χ3n) is 4.43. The summed E-state index contributed by atoms with van der Waals surface area (Å²) in [6.45, 7) is 7.03. The van der Waals surface area contributed by atoms with Crippen LogP contribution in [-0.4, -0.2) is 24.0 Å². The van der Waals surface area contributed by atoms with Gasteiger partial charge in [0.25, 0.3) is 5.91 Å². The first-order chi connectivity index (χ1) is 12.8. The minimum atomic E-state index is -1.33. The minimum absolute atomic E-state index is 0.279. The monoisotopic (exact) mass is 374 g/mol. The SMILES string of the molecule is CCC[C@H](NC(=O)[C@@H](C)Oc1ccc2c(CC)cc(=O)oc2c1C)C(=O)[O-]. The van der Waals surface area contributed by atoms with Gasteiger partial charge >= 0.3 is 5.63 Å². The first kappa shape index (κ1) is 20.5. The standard InChI is InChI=1S/C20H25NO6/c1-5-7-15(20(24)25)21-19(23)12(4)26-16-9-8-14-13(6-2)10-17(22)27-18(14)11(16)3/h8-10,12,15H,5-7H2,1-4H3,(H,21,23)(H,24,25)/p-1/t12-,15+/m1/s1. The Hall–Kier alpha value is -2.83. The summed E-state index contributed by atoms with van der Waals surface area (Å²) in [6, 6.07) is 3.90. The highest BCUT2D eigenvalue weighted by Gasteiger charge is 2.21. The van der Waals surface area contributed by atoms with Crippen LogP contribution in [0.5, 0.6) is 5.75 Å². The summed E-state index contributed by atoms with van der Waals surface area (Å²) in [6.07, 6.45) is 0.626. The van der Waals surface area contributed by atoms with Gasteiger partial charge in [0.1, 0.15) is 11.3 Å². The van der Waals surface area contributed by atoms with Gasteiger partial charge in [-0.15, -0.1) is 0 Å². The van der Waals surface area contributed by atoms with Gasteiger partial charge in [-0.25, -0.2) is 4.79 Å². The van der Waals surface area contributed by atoms with Gasteiger partial charge in [-0.05, 0) is 44.4 Å². The Morgan fingerprint density at radius 2 is 2.00 bits per heavy atom. The molecule has 1 amide bonds. The second-order valence-corrected chi connectivity index (χ2v) is 6.44. The molecule has 1 heterocycles. The Morgan fingerprint density at radius 3 is 2.59 bits per heavy atom. The van der Waals surface area contributed by atoms with Crippen LogP contribution in [0, 0.1) is 6.92 Å². The predicted molar refractivity (Wildman–Crippen MR) is 98.5 cm³/mol. The first-order valence-corrected chi connectivity index (χ1v) is 9.02. The van der Waals surface area contributed by atoms with Gasteiger partial charge < -0.3 is 24.4 Å². The Balaban J connectivity index is 2.25. The molecule has 0 radical (unpaired) electrons. The molecule has 1 N–H and O–H groups in total. The van der Waals surface area contributed by atoms with Gasteiger partial charge in [0, 0.05) is 17.0 Å². The minimum Gasteiger partial charge on any atom is -0.548 e. The highest BCUT2D eigenvalue weighted by Crippen LogP contribution is 2.29. The van der Waals surface area contributed by atoms with Crippen LogP contribution in [0.15, 0.2) is 27.4 Å². The summed E-state index contributed by atoms with van der Waals surface area (Å²) in [5, 5.41) is 14.3. The molecule has 0 aliphatic rings. The lowest BCUT2D eigenvalue weighted by Gasteiger charge is -2.22. The fourth-order valence-corrected chi connectivity index (χ4v) is 2.90. The Bertz CT molecular complexity index is 901. The van der Waals surface area contributed by atoms with E-state index >= 15 is 0 Å². The summed E-state index contributed by atoms with van der Waals surface area (Å²) >= 11 is 0. The number of aliphatic carboxylic acids is 1. The summed E-state index contributed by atoms with van der Waals surface area (Å²) in [4.78, 5) is 35.1. The third-order valence-corrected chi connectivity index (χ3v) is 4.43. The van der Waals surface area contributed by atoms with Crippen LogP contribution in [0.1, 0.15) is 44.7 Å². The maximum Gasteiger partial charge on any atom is 0.336 e. The number of hydrogen-bond donors (Lipinski definition) is 1. The van der Waals surface area contributed by atoms with E-state index in [2.05, 4.69) is 5.32 Å². The average molecular weight is 374 g/mol. The van der Waals surface area contributed by atoms with E-state index in [-0.39, 0.29) is 6.42 Å². The number of hydrogen-bond acceptors (Lipinski definition) is 6. The second kappa shape index (κ2) is 8.70.